The van der Waals surface area contributed by atoms with E-state index in [1.165, 1.54) is 0 Å². The number of carboxylic acid groups (broad SMARTS) is 1. The lowest BCUT2D eigenvalue weighted by Crippen LogP contribution is -2.39. The fourth-order valence-electron chi connectivity index (χ4n) is 2.87. The van der Waals surface area contributed by atoms with E-state index in [-0.39, 0.29) is 5.92 Å². The van der Waals surface area contributed by atoms with Crippen LogP contribution in [-0.4, -0.2) is 29.1 Å². The van der Waals surface area contributed by atoms with Gasteiger partial charge in [-0.15, -0.1) is 0 Å². The number of aliphatic carboxylic acids is 1. The van der Waals surface area contributed by atoms with Crippen LogP contribution < -0.4 is 4.90 Å². The van der Waals surface area contributed by atoms with E-state index in [0.29, 0.717) is 11.6 Å². The Morgan fingerprint density at radius 3 is 2.95 bits per heavy atom. The van der Waals surface area contributed by atoms with Gasteiger partial charge in [-0.3, -0.25) is 4.79 Å². The number of carboxylic acids is 1. The SMILES string of the molecule is Cc1ccc(Cl)c2ccc(N3CCCC(C(=O)O)C3)nc12. The summed E-state index contributed by atoms with van der Waals surface area (Å²) in [4.78, 5) is 17.9. The second-order valence-electron chi connectivity index (χ2n) is 5.55. The maximum Gasteiger partial charge on any atom is 0.308 e. The van der Waals surface area contributed by atoms with Crippen molar-refractivity contribution >= 4 is 34.3 Å². The number of aromatic nitrogens is 1. The first kappa shape index (κ1) is 14.1. The van der Waals surface area contributed by atoms with Gasteiger partial charge in [-0.25, -0.2) is 4.98 Å². The molecule has 110 valence electrons. The Morgan fingerprint density at radius 2 is 2.19 bits per heavy atom. The fraction of sp³-hybridized carbons (Fsp3) is 0.375. The van der Waals surface area contributed by atoms with Gasteiger partial charge in [0.1, 0.15) is 5.82 Å². The summed E-state index contributed by atoms with van der Waals surface area (Å²) in [6, 6.07) is 7.73. The number of hydrogen-bond donors (Lipinski definition) is 1. The highest BCUT2D eigenvalue weighted by Gasteiger charge is 2.26. The van der Waals surface area contributed by atoms with Crippen molar-refractivity contribution < 1.29 is 9.90 Å². The number of hydrogen-bond acceptors (Lipinski definition) is 3. The number of aryl methyl sites for hydroxylation is 1. The number of carbonyl (C=O) groups is 1. The maximum absolute atomic E-state index is 11.2. The molecular formula is C16H17ClN2O2. The molecule has 1 aliphatic heterocycles. The van der Waals surface area contributed by atoms with Gasteiger partial charge in [-0.1, -0.05) is 17.7 Å². The Bertz CT molecular complexity index is 702. The van der Waals surface area contributed by atoms with Crippen LogP contribution in [0, 0.1) is 12.8 Å². The summed E-state index contributed by atoms with van der Waals surface area (Å²) in [6.07, 6.45) is 1.62. The van der Waals surface area contributed by atoms with Gasteiger partial charge in [0, 0.05) is 23.5 Å². The summed E-state index contributed by atoms with van der Waals surface area (Å²) in [5, 5.41) is 10.8. The molecule has 3 rings (SSSR count). The van der Waals surface area contributed by atoms with Crippen LogP contribution in [0.15, 0.2) is 24.3 Å². The van der Waals surface area contributed by atoms with Crippen molar-refractivity contribution in [2.24, 2.45) is 5.92 Å². The molecule has 1 aromatic heterocycles. The van der Waals surface area contributed by atoms with Crippen molar-refractivity contribution in [3.63, 3.8) is 0 Å². The highest BCUT2D eigenvalue weighted by Crippen LogP contribution is 2.29. The summed E-state index contributed by atoms with van der Waals surface area (Å²) in [5.74, 6) is -0.199. The molecule has 5 heteroatoms. The molecule has 4 nitrogen and oxygen atoms in total. The molecule has 0 spiro atoms. The van der Waals surface area contributed by atoms with Gasteiger partial charge in [-0.05, 0) is 43.5 Å². The van der Waals surface area contributed by atoms with Gasteiger partial charge >= 0.3 is 5.97 Å². The maximum atomic E-state index is 11.2. The molecular weight excluding hydrogens is 288 g/mol. The second kappa shape index (κ2) is 5.53. The van der Waals surface area contributed by atoms with Crippen LogP contribution in [0.2, 0.25) is 5.02 Å². The number of halogens is 1. The van der Waals surface area contributed by atoms with Crippen LogP contribution in [0.3, 0.4) is 0 Å². The molecule has 0 radical (unpaired) electrons. The molecule has 2 heterocycles. The number of nitrogens with zero attached hydrogens (tertiary/aromatic N) is 2. The van der Waals surface area contributed by atoms with Crippen molar-refractivity contribution in [1.29, 1.82) is 0 Å². The fourth-order valence-corrected chi connectivity index (χ4v) is 3.09. The minimum Gasteiger partial charge on any atom is -0.481 e. The third kappa shape index (κ3) is 2.68. The van der Waals surface area contributed by atoms with Crippen LogP contribution in [-0.2, 0) is 4.79 Å². The molecule has 1 fully saturated rings. The van der Waals surface area contributed by atoms with Crippen LogP contribution in [0.4, 0.5) is 5.82 Å². The van der Waals surface area contributed by atoms with Crippen molar-refractivity contribution in [1.82, 2.24) is 4.98 Å². The quantitative estimate of drug-likeness (QED) is 0.922. The molecule has 2 aromatic rings. The Balaban J connectivity index is 1.97. The first-order valence-corrected chi connectivity index (χ1v) is 7.47. The van der Waals surface area contributed by atoms with Gasteiger partial charge in [0.15, 0.2) is 0 Å². The zero-order valence-electron chi connectivity index (χ0n) is 11.8. The molecule has 0 amide bonds. The van der Waals surface area contributed by atoms with E-state index in [1.54, 1.807) is 0 Å². The Kier molecular flexibility index (Phi) is 3.72. The largest absolute Gasteiger partial charge is 0.481 e. The van der Waals surface area contributed by atoms with Gasteiger partial charge in [0.25, 0.3) is 0 Å². The topological polar surface area (TPSA) is 53.4 Å². The molecule has 1 unspecified atom stereocenters. The number of benzene rings is 1. The van der Waals surface area contributed by atoms with Crippen LogP contribution >= 0.6 is 11.6 Å². The normalized spacial score (nSPS) is 19.0. The van der Waals surface area contributed by atoms with Crippen molar-refractivity contribution in [2.45, 2.75) is 19.8 Å². The monoisotopic (exact) mass is 304 g/mol. The van der Waals surface area contributed by atoms with E-state index >= 15 is 0 Å². The first-order valence-electron chi connectivity index (χ1n) is 7.10. The summed E-state index contributed by atoms with van der Waals surface area (Å²) in [7, 11) is 0. The smallest absolute Gasteiger partial charge is 0.308 e. The second-order valence-corrected chi connectivity index (χ2v) is 5.96. The van der Waals surface area contributed by atoms with Gasteiger partial charge in [0.05, 0.1) is 11.4 Å². The molecule has 1 atom stereocenters. The molecule has 1 aromatic carbocycles. The molecule has 21 heavy (non-hydrogen) atoms. The molecule has 0 aliphatic carbocycles. The highest BCUT2D eigenvalue weighted by molar-refractivity contribution is 6.35. The molecule has 0 bridgehead atoms. The van der Waals surface area contributed by atoms with Crippen LogP contribution in [0.5, 0.6) is 0 Å². The van der Waals surface area contributed by atoms with E-state index in [4.69, 9.17) is 16.6 Å². The van der Waals surface area contributed by atoms with Gasteiger partial charge in [0.2, 0.25) is 0 Å². The van der Waals surface area contributed by atoms with E-state index in [9.17, 15) is 9.90 Å². The van der Waals surface area contributed by atoms with Crippen molar-refractivity contribution in [3.05, 3.63) is 34.9 Å². The predicted molar refractivity (Wildman–Crippen MR) is 84.1 cm³/mol. The summed E-state index contributed by atoms with van der Waals surface area (Å²) in [5.41, 5.74) is 1.96. The van der Waals surface area contributed by atoms with E-state index in [2.05, 4.69) is 4.90 Å². The highest BCUT2D eigenvalue weighted by atomic mass is 35.5. The van der Waals surface area contributed by atoms with Gasteiger partial charge < -0.3 is 10.0 Å². The van der Waals surface area contributed by atoms with E-state index in [1.807, 2.05) is 31.2 Å². The molecule has 1 aliphatic rings. The van der Waals surface area contributed by atoms with Crippen molar-refractivity contribution in [3.8, 4) is 0 Å². The third-order valence-corrected chi connectivity index (χ3v) is 4.42. The number of piperidine rings is 1. The standard InChI is InChI=1S/C16H17ClN2O2/c1-10-4-6-13(17)12-5-7-14(18-15(10)12)19-8-2-3-11(9-19)16(20)21/h4-7,11H,2-3,8-9H2,1H3,(H,20,21). The Hall–Kier alpha value is -1.81. The summed E-state index contributed by atoms with van der Waals surface area (Å²) >= 11 is 6.20. The van der Waals surface area contributed by atoms with E-state index in [0.717, 1.165) is 41.7 Å². The average molecular weight is 305 g/mol. The van der Waals surface area contributed by atoms with Gasteiger partial charge in [-0.2, -0.15) is 0 Å². The lowest BCUT2D eigenvalue weighted by molar-refractivity contribution is -0.141. The Morgan fingerprint density at radius 1 is 1.38 bits per heavy atom. The lowest BCUT2D eigenvalue weighted by atomic mass is 9.98. The summed E-state index contributed by atoms with van der Waals surface area (Å²) < 4.78 is 0. The molecule has 0 saturated carbocycles. The zero-order chi connectivity index (χ0) is 15.0. The van der Waals surface area contributed by atoms with Crippen molar-refractivity contribution in [2.75, 3.05) is 18.0 Å². The van der Waals surface area contributed by atoms with E-state index < -0.39 is 5.97 Å². The number of fused-ring (bicyclic) bond motifs is 1. The average Bonchev–Trinajstić information content (AvgIpc) is 2.51. The first-order chi connectivity index (χ1) is 10.1. The number of anilines is 1. The minimum atomic E-state index is -0.722. The Labute approximate surface area is 128 Å². The predicted octanol–water partition coefficient (Wildman–Crippen LogP) is 3.50. The lowest BCUT2D eigenvalue weighted by Gasteiger charge is -2.31. The molecule has 1 N–H and O–H groups in total. The van der Waals surface area contributed by atoms with Crippen LogP contribution in [0.25, 0.3) is 10.9 Å². The zero-order valence-corrected chi connectivity index (χ0v) is 12.6. The minimum absolute atomic E-state index is 0.309. The summed E-state index contributed by atoms with van der Waals surface area (Å²) in [6.45, 7) is 3.38. The molecule has 1 saturated heterocycles. The van der Waals surface area contributed by atoms with Crippen LogP contribution in [0.1, 0.15) is 18.4 Å². The number of rotatable bonds is 2. The number of pyridine rings is 1. The third-order valence-electron chi connectivity index (χ3n) is 4.09.